The van der Waals surface area contributed by atoms with Crippen LogP contribution < -0.4 is 5.32 Å². The maximum atomic E-state index is 9.88. The van der Waals surface area contributed by atoms with Gasteiger partial charge in [0.1, 0.15) is 6.61 Å². The first-order valence-electron chi connectivity index (χ1n) is 1.64. The molecule has 1 saturated heterocycles. The normalized spacial score (nSPS) is 19.7. The fourth-order valence-electron chi connectivity index (χ4n) is 0.284. The first kappa shape index (κ1) is 3.46. The molecule has 0 spiro atoms. The molecule has 33 valence electrons. The summed E-state index contributed by atoms with van der Waals surface area (Å²) in [7, 11) is 0. The second kappa shape index (κ2) is 1.16. The van der Waals surface area contributed by atoms with Crippen LogP contribution in [-0.2, 0) is 4.74 Å². The standard InChI is InChI=1S/C3H4NO2/c5-3-4-1-2-6-3/h1H,2H2,(H,4,5). The van der Waals surface area contributed by atoms with E-state index in [0.29, 0.717) is 6.61 Å². The van der Waals surface area contributed by atoms with E-state index in [9.17, 15) is 4.79 Å². The van der Waals surface area contributed by atoms with Crippen molar-refractivity contribution in [1.29, 1.82) is 0 Å². The van der Waals surface area contributed by atoms with Gasteiger partial charge in [0.2, 0.25) is 0 Å². The molecular weight excluding hydrogens is 82.0 g/mol. The molecule has 0 aromatic carbocycles. The fraction of sp³-hybridized carbons (Fsp3) is 0.333. The van der Waals surface area contributed by atoms with Crippen LogP contribution in [0.3, 0.4) is 0 Å². The highest BCUT2D eigenvalue weighted by atomic mass is 16.6. The summed E-state index contributed by atoms with van der Waals surface area (Å²) < 4.78 is 4.35. The highest BCUT2D eigenvalue weighted by Gasteiger charge is 2.06. The highest BCUT2D eigenvalue weighted by molar-refractivity contribution is 5.69. The molecule has 0 aliphatic carbocycles. The number of amides is 1. The Hall–Kier alpha value is -0.730. The van der Waals surface area contributed by atoms with Crippen molar-refractivity contribution >= 4 is 6.09 Å². The molecule has 1 aliphatic rings. The Morgan fingerprint density at radius 3 is 3.00 bits per heavy atom. The summed E-state index contributed by atoms with van der Waals surface area (Å²) in [4.78, 5) is 9.88. The van der Waals surface area contributed by atoms with Crippen LogP contribution in [-0.4, -0.2) is 12.7 Å². The van der Waals surface area contributed by atoms with Gasteiger partial charge in [0, 0.05) is 0 Å². The summed E-state index contributed by atoms with van der Waals surface area (Å²) in [5, 5.41) is 2.33. The molecule has 3 heteroatoms. The number of ether oxygens (including phenoxy) is 1. The molecule has 0 saturated carbocycles. The minimum atomic E-state index is -0.352. The molecule has 1 N–H and O–H groups in total. The summed E-state index contributed by atoms with van der Waals surface area (Å²) in [5.74, 6) is 0. The van der Waals surface area contributed by atoms with Gasteiger partial charge in [-0.3, -0.25) is 0 Å². The minimum absolute atomic E-state index is 0.352. The van der Waals surface area contributed by atoms with Crippen LogP contribution >= 0.6 is 0 Å². The molecule has 0 aromatic rings. The Morgan fingerprint density at radius 1 is 2.00 bits per heavy atom. The third-order valence-electron chi connectivity index (χ3n) is 0.518. The zero-order valence-electron chi connectivity index (χ0n) is 3.10. The predicted octanol–water partition coefficient (Wildman–Crippen LogP) is -0.112. The molecule has 0 atom stereocenters. The van der Waals surface area contributed by atoms with Gasteiger partial charge in [0.05, 0.1) is 6.54 Å². The van der Waals surface area contributed by atoms with Crippen LogP contribution in [0.25, 0.3) is 0 Å². The number of rotatable bonds is 0. The van der Waals surface area contributed by atoms with Crippen molar-refractivity contribution in [3.05, 3.63) is 6.54 Å². The molecule has 0 bridgehead atoms. The predicted molar refractivity (Wildman–Crippen MR) is 18.8 cm³/mol. The van der Waals surface area contributed by atoms with E-state index in [4.69, 9.17) is 0 Å². The Bertz CT molecular complexity index is 63.2. The molecule has 1 heterocycles. The Kier molecular flexibility index (Phi) is 0.670. The number of carbonyl (C=O) groups is 1. The van der Waals surface area contributed by atoms with Gasteiger partial charge >= 0.3 is 6.09 Å². The quantitative estimate of drug-likeness (QED) is 0.446. The van der Waals surface area contributed by atoms with Crippen molar-refractivity contribution in [2.24, 2.45) is 0 Å². The third kappa shape index (κ3) is 0.429. The van der Waals surface area contributed by atoms with Gasteiger partial charge in [-0.15, -0.1) is 0 Å². The Labute approximate surface area is 35.3 Å². The largest absolute Gasteiger partial charge is 0.447 e. The topological polar surface area (TPSA) is 38.3 Å². The fourth-order valence-corrected chi connectivity index (χ4v) is 0.284. The zero-order chi connectivity index (χ0) is 4.41. The van der Waals surface area contributed by atoms with Gasteiger partial charge in [0.15, 0.2) is 0 Å². The van der Waals surface area contributed by atoms with Crippen LogP contribution in [0.5, 0.6) is 0 Å². The molecule has 3 nitrogen and oxygen atoms in total. The summed E-state index contributed by atoms with van der Waals surface area (Å²) in [5.41, 5.74) is 0. The van der Waals surface area contributed by atoms with Gasteiger partial charge < -0.3 is 10.1 Å². The van der Waals surface area contributed by atoms with Crippen molar-refractivity contribution in [3.8, 4) is 0 Å². The van der Waals surface area contributed by atoms with Crippen LogP contribution in [0.15, 0.2) is 0 Å². The number of hydrogen-bond donors (Lipinski definition) is 1. The van der Waals surface area contributed by atoms with E-state index < -0.39 is 0 Å². The van der Waals surface area contributed by atoms with Crippen LogP contribution in [0.2, 0.25) is 0 Å². The molecule has 0 unspecified atom stereocenters. The maximum absolute atomic E-state index is 9.88. The van der Waals surface area contributed by atoms with Gasteiger partial charge in [0.25, 0.3) is 0 Å². The van der Waals surface area contributed by atoms with Gasteiger partial charge in [-0.25, -0.2) is 4.79 Å². The molecule has 1 rings (SSSR count). The van der Waals surface area contributed by atoms with E-state index in [2.05, 4.69) is 10.1 Å². The van der Waals surface area contributed by atoms with Crippen LogP contribution in [0.4, 0.5) is 4.79 Å². The third-order valence-corrected chi connectivity index (χ3v) is 0.518. The molecule has 1 amide bonds. The van der Waals surface area contributed by atoms with Crippen LogP contribution in [0.1, 0.15) is 0 Å². The summed E-state index contributed by atoms with van der Waals surface area (Å²) in [6.07, 6.45) is -0.352. The number of carbonyl (C=O) groups excluding carboxylic acids is 1. The van der Waals surface area contributed by atoms with E-state index in [0.717, 1.165) is 0 Å². The molecule has 1 radical (unpaired) electrons. The lowest BCUT2D eigenvalue weighted by molar-refractivity contribution is 0.179. The smallest absolute Gasteiger partial charge is 0.407 e. The number of alkyl carbamates (subject to hydrolysis) is 1. The first-order valence-corrected chi connectivity index (χ1v) is 1.64. The lowest BCUT2D eigenvalue weighted by atomic mass is 10.7. The summed E-state index contributed by atoms with van der Waals surface area (Å²) >= 11 is 0. The molecule has 1 fully saturated rings. The maximum Gasteiger partial charge on any atom is 0.407 e. The molecule has 6 heavy (non-hydrogen) atoms. The second-order valence-electron chi connectivity index (χ2n) is 0.947. The van der Waals surface area contributed by atoms with Crippen molar-refractivity contribution in [3.63, 3.8) is 0 Å². The number of hydrogen-bond acceptors (Lipinski definition) is 2. The van der Waals surface area contributed by atoms with Gasteiger partial charge in [-0.05, 0) is 0 Å². The zero-order valence-corrected chi connectivity index (χ0v) is 3.10. The number of nitrogens with one attached hydrogen (secondary N) is 1. The lowest BCUT2D eigenvalue weighted by Gasteiger charge is -1.80. The minimum Gasteiger partial charge on any atom is -0.447 e. The average Bonchev–Trinajstić information content (AvgIpc) is 1.86. The second-order valence-corrected chi connectivity index (χ2v) is 0.947. The Morgan fingerprint density at radius 2 is 2.83 bits per heavy atom. The van der Waals surface area contributed by atoms with E-state index in [1.807, 2.05) is 0 Å². The summed E-state index contributed by atoms with van der Waals surface area (Å²) in [6.45, 7) is 1.96. The summed E-state index contributed by atoms with van der Waals surface area (Å²) in [6, 6.07) is 0. The van der Waals surface area contributed by atoms with Gasteiger partial charge in [-0.1, -0.05) is 0 Å². The van der Waals surface area contributed by atoms with Gasteiger partial charge in [-0.2, -0.15) is 0 Å². The molecule has 1 aliphatic heterocycles. The van der Waals surface area contributed by atoms with Crippen molar-refractivity contribution in [2.75, 3.05) is 6.61 Å². The SMILES string of the molecule is O=C1N[CH]CO1. The van der Waals surface area contributed by atoms with E-state index in [1.54, 1.807) is 6.54 Å². The highest BCUT2D eigenvalue weighted by Crippen LogP contribution is 1.87. The lowest BCUT2D eigenvalue weighted by Crippen LogP contribution is -2.08. The first-order chi connectivity index (χ1) is 2.89. The van der Waals surface area contributed by atoms with Crippen molar-refractivity contribution in [1.82, 2.24) is 5.32 Å². The van der Waals surface area contributed by atoms with Crippen molar-refractivity contribution < 1.29 is 9.53 Å². The molecule has 0 aromatic heterocycles. The number of cyclic esters (lactones) is 1. The monoisotopic (exact) mass is 86.0 g/mol. The van der Waals surface area contributed by atoms with E-state index >= 15 is 0 Å². The van der Waals surface area contributed by atoms with E-state index in [-0.39, 0.29) is 6.09 Å². The van der Waals surface area contributed by atoms with E-state index in [1.165, 1.54) is 0 Å². The molecular formula is C3H4NO2. The van der Waals surface area contributed by atoms with Crippen molar-refractivity contribution in [2.45, 2.75) is 0 Å². The average molecular weight is 86.1 g/mol. The van der Waals surface area contributed by atoms with Crippen LogP contribution in [0, 0.1) is 6.54 Å². The Balaban J connectivity index is 2.37.